The first-order valence-corrected chi connectivity index (χ1v) is 3.75. The second-order valence-electron chi connectivity index (χ2n) is 1.92. The van der Waals surface area contributed by atoms with Gasteiger partial charge in [-0.15, -0.1) is 0 Å². The Kier molecular flexibility index (Phi) is 44.2. The summed E-state index contributed by atoms with van der Waals surface area (Å²) in [7, 11) is 0. The van der Waals surface area contributed by atoms with Crippen molar-refractivity contribution >= 4 is 6.15 Å². The Labute approximate surface area is 123 Å². The molecule has 88 valence electrons. The Morgan fingerprint density at radius 2 is 1.38 bits per heavy atom. The quantitative estimate of drug-likeness (QED) is 0.701. The van der Waals surface area contributed by atoms with Crippen LogP contribution in [-0.2, 0) is 16.0 Å². The summed E-state index contributed by atoms with van der Waals surface area (Å²) < 4.78 is 0. The molecule has 0 saturated carbocycles. The summed E-state index contributed by atoms with van der Waals surface area (Å²) in [5.41, 5.74) is 1.41. The molecule has 0 radical (unpaired) electrons. The van der Waals surface area contributed by atoms with Gasteiger partial charge < -0.3 is 0 Å². The molecule has 1 aromatic carbocycles. The summed E-state index contributed by atoms with van der Waals surface area (Å²) in [5, 5.41) is 12.0. The van der Waals surface area contributed by atoms with Gasteiger partial charge in [0.1, 0.15) is 0 Å². The largest absolute Gasteiger partial charge is 0.373 e. The van der Waals surface area contributed by atoms with Crippen LogP contribution in [-0.4, -0.2) is 6.15 Å². The zero-order chi connectivity index (χ0) is 12.5. The molecule has 0 aromatic heterocycles. The number of hydrogen-bond donors (Lipinski definition) is 0. The summed E-state index contributed by atoms with van der Waals surface area (Å²) in [6.07, 6.45) is 1.39. The molecule has 1 aromatic rings. The van der Waals surface area contributed by atoms with Gasteiger partial charge >= 0.3 is 6.15 Å². The summed E-state index contributed by atoms with van der Waals surface area (Å²) in [4.78, 5) is 30.2. The summed E-state index contributed by atoms with van der Waals surface area (Å²) in [6, 6.07) is 10.5. The Morgan fingerprint density at radius 1 is 1.06 bits per heavy atom. The average Bonchev–Trinajstić information content (AvgIpc) is 2.36. The first-order valence-electron chi connectivity index (χ1n) is 3.75. The molecule has 0 unspecified atom stereocenters. The van der Waals surface area contributed by atoms with Crippen LogP contribution in [0, 0.1) is 58.5 Å². The van der Waals surface area contributed by atoms with Crippen LogP contribution in [0.4, 0.5) is 0 Å². The minimum atomic E-state index is 0. The third-order valence-corrected chi connectivity index (χ3v) is 1.25. The van der Waals surface area contributed by atoms with Gasteiger partial charge in [-0.05, 0) is 12.0 Å². The van der Waals surface area contributed by atoms with E-state index in [0.29, 0.717) is 0 Å². The van der Waals surface area contributed by atoms with E-state index in [2.05, 4.69) is 31.2 Å². The maximum atomic E-state index is 8.12. The van der Waals surface area contributed by atoms with E-state index in [1.54, 1.807) is 0 Å². The molecule has 1 rings (SSSR count). The second-order valence-corrected chi connectivity index (χ2v) is 1.92. The molecule has 0 aliphatic carbocycles. The van der Waals surface area contributed by atoms with E-state index in [1.165, 1.54) is 5.56 Å². The van der Waals surface area contributed by atoms with Crippen molar-refractivity contribution in [3.8, 4) is 0 Å². The minimum Gasteiger partial charge on any atom is -0.186 e. The molecule has 0 bridgehead atoms. The maximum Gasteiger partial charge on any atom is 0.373 e. The van der Waals surface area contributed by atoms with Crippen molar-refractivity contribution < 1.29 is 47.3 Å². The monoisotopic (exact) mass is 250 g/mol. The van der Waals surface area contributed by atoms with Crippen LogP contribution in [0.1, 0.15) is 12.5 Å². The van der Waals surface area contributed by atoms with Gasteiger partial charge in [0, 0.05) is 58.5 Å². The normalized spacial score (nSPS) is 5.44. The van der Waals surface area contributed by atoms with Gasteiger partial charge in [-0.3, -0.25) is 0 Å². The fourth-order valence-corrected chi connectivity index (χ4v) is 0.714. The van der Waals surface area contributed by atoms with Crippen LogP contribution in [0.15, 0.2) is 30.3 Å². The topological polar surface area (TPSA) is 116 Å². The second kappa shape index (κ2) is 29.2. The van der Waals surface area contributed by atoms with Gasteiger partial charge in [0.05, 0.1) is 0 Å². The van der Waals surface area contributed by atoms with Crippen molar-refractivity contribution in [2.45, 2.75) is 13.3 Å². The molecule has 0 aliphatic heterocycles. The van der Waals surface area contributed by atoms with Crippen molar-refractivity contribution in [2.24, 2.45) is 0 Å². The molecule has 0 fully saturated rings. The molecule has 7 heteroatoms. The standard InChI is InChI=1S/C8H10.CO2.Ar.N2.O2/c1-2-8-6-4-3-5-7-8;2-1-3;;2*1-2/h3-7H,2H2,1H3;;;;. The van der Waals surface area contributed by atoms with Gasteiger partial charge in [0.25, 0.3) is 0 Å². The van der Waals surface area contributed by atoms with Gasteiger partial charge in [0.15, 0.2) is 0 Å². The fraction of sp³-hybridized carbons (Fsp3) is 0.222. The Hall–Kier alpha value is -1.12. The Bertz CT molecular complexity index is 273. The van der Waals surface area contributed by atoms with Crippen molar-refractivity contribution in [3.05, 3.63) is 45.8 Å². The van der Waals surface area contributed by atoms with Crippen LogP contribution < -0.4 is 0 Å². The van der Waals surface area contributed by atoms with Crippen LogP contribution in [0.5, 0.6) is 0 Å². The van der Waals surface area contributed by atoms with E-state index >= 15 is 0 Å². The number of rotatable bonds is 1. The third-order valence-electron chi connectivity index (χ3n) is 1.25. The van der Waals surface area contributed by atoms with Crippen LogP contribution in [0.2, 0.25) is 0 Å². The Balaban J connectivity index is -0.0000000778. The number of benzene rings is 1. The zero-order valence-corrected chi connectivity index (χ0v) is 9.18. The first kappa shape index (κ1) is 24.2. The summed E-state index contributed by atoms with van der Waals surface area (Å²) >= 11 is 0. The minimum absolute atomic E-state index is 0. The van der Waals surface area contributed by atoms with E-state index in [1.807, 2.05) is 6.07 Å². The zero-order valence-electron chi connectivity index (χ0n) is 8.47. The molecule has 16 heavy (non-hydrogen) atoms. The molecule has 0 aliphatic rings. The van der Waals surface area contributed by atoms with Gasteiger partial charge in [-0.1, -0.05) is 37.3 Å². The smallest absolute Gasteiger partial charge is 0.186 e. The SMILES string of the molecule is CCc1ccccc1.N#N.O=C=O.O=O.[Ar]. The summed E-state index contributed by atoms with van der Waals surface area (Å²) in [6.45, 7) is 2.16. The molecular weight excluding hydrogens is 240 g/mol. The Morgan fingerprint density at radius 3 is 1.56 bits per heavy atom. The van der Waals surface area contributed by atoms with E-state index < -0.39 is 0 Å². The summed E-state index contributed by atoms with van der Waals surface area (Å²) in [5.74, 6) is 0. The van der Waals surface area contributed by atoms with Gasteiger partial charge in [-0.2, -0.15) is 9.59 Å². The molecular formula is C9H10ArN2O4. The molecule has 0 heterocycles. The molecule has 0 spiro atoms. The third kappa shape index (κ3) is 23.1. The van der Waals surface area contributed by atoms with E-state index in [4.69, 9.17) is 30.3 Å². The maximum absolute atomic E-state index is 8.12. The molecule has 0 N–H and O–H groups in total. The molecule has 6 nitrogen and oxygen atoms in total. The number of nitrogens with zero attached hydrogens (tertiary/aromatic N) is 2. The predicted molar refractivity (Wildman–Crippen MR) is 51.0 cm³/mol. The van der Waals surface area contributed by atoms with Crippen LogP contribution in [0.3, 0.4) is 0 Å². The van der Waals surface area contributed by atoms with Crippen molar-refractivity contribution in [2.75, 3.05) is 0 Å². The molecule has 0 amide bonds. The molecule has 0 atom stereocenters. The predicted octanol–water partition coefficient (Wildman–Crippen LogP) is 1.76. The van der Waals surface area contributed by atoms with Crippen molar-refractivity contribution in [1.29, 1.82) is 10.8 Å². The van der Waals surface area contributed by atoms with Crippen LogP contribution in [0.25, 0.3) is 0 Å². The number of aryl methyl sites for hydroxylation is 1. The van der Waals surface area contributed by atoms with Gasteiger partial charge in [-0.25, -0.2) is 0 Å². The molecule has 0 saturated heterocycles. The van der Waals surface area contributed by atoms with E-state index in [-0.39, 0.29) is 43.9 Å². The average molecular weight is 250 g/mol. The van der Waals surface area contributed by atoms with E-state index in [9.17, 15) is 0 Å². The van der Waals surface area contributed by atoms with Crippen molar-refractivity contribution in [3.63, 3.8) is 0 Å². The first-order chi connectivity index (χ1) is 7.35. The number of hydrogen-bond acceptors (Lipinski definition) is 6. The van der Waals surface area contributed by atoms with Gasteiger partial charge in [0.2, 0.25) is 0 Å². The fourth-order valence-electron chi connectivity index (χ4n) is 0.714. The van der Waals surface area contributed by atoms with Crippen molar-refractivity contribution in [1.82, 2.24) is 0 Å². The van der Waals surface area contributed by atoms with E-state index in [0.717, 1.165) is 6.42 Å². The number of carbonyl (C=O) groups excluding carboxylic acids is 2. The van der Waals surface area contributed by atoms with Crippen LogP contribution >= 0.6 is 0 Å².